The summed E-state index contributed by atoms with van der Waals surface area (Å²) in [6, 6.07) is -0.620. The molecular formula is C16H29NO4. The van der Waals surface area contributed by atoms with Gasteiger partial charge in [0.2, 0.25) is 0 Å². The zero-order valence-corrected chi connectivity index (χ0v) is 14.6. The van der Waals surface area contributed by atoms with Crippen molar-refractivity contribution in [1.82, 2.24) is 4.90 Å². The number of ether oxygens (including phenoxy) is 2. The van der Waals surface area contributed by atoms with Crippen molar-refractivity contribution >= 4 is 11.9 Å². The quantitative estimate of drug-likeness (QED) is 0.749. The van der Waals surface area contributed by atoms with E-state index in [9.17, 15) is 9.59 Å². The lowest BCUT2D eigenvalue weighted by Gasteiger charge is -2.47. The predicted molar refractivity (Wildman–Crippen MR) is 80.8 cm³/mol. The third-order valence-corrected chi connectivity index (χ3v) is 3.56. The summed E-state index contributed by atoms with van der Waals surface area (Å²) in [5.41, 5.74) is -2.08. The summed E-state index contributed by atoms with van der Waals surface area (Å²) in [5, 5.41) is 0. The minimum atomic E-state index is -0.961. The van der Waals surface area contributed by atoms with Gasteiger partial charge in [-0.1, -0.05) is 6.92 Å². The molecule has 1 atom stereocenters. The first-order chi connectivity index (χ1) is 9.30. The second kappa shape index (κ2) is 5.59. The van der Waals surface area contributed by atoms with Crippen LogP contribution in [0.25, 0.3) is 0 Å². The largest absolute Gasteiger partial charge is 0.459 e. The Morgan fingerprint density at radius 1 is 1.33 bits per heavy atom. The third kappa shape index (κ3) is 4.19. The third-order valence-electron chi connectivity index (χ3n) is 3.56. The summed E-state index contributed by atoms with van der Waals surface area (Å²) >= 11 is 0. The average Bonchev–Trinajstić information content (AvgIpc) is 2.23. The fourth-order valence-electron chi connectivity index (χ4n) is 2.66. The van der Waals surface area contributed by atoms with Gasteiger partial charge in [-0.25, -0.2) is 0 Å². The zero-order chi connectivity index (χ0) is 16.6. The van der Waals surface area contributed by atoms with Gasteiger partial charge < -0.3 is 9.47 Å². The highest BCUT2D eigenvalue weighted by molar-refractivity contribution is 5.88. The predicted octanol–water partition coefficient (Wildman–Crippen LogP) is 2.38. The fraction of sp³-hybridized carbons (Fsp3) is 0.875. The number of hydrogen-bond acceptors (Lipinski definition) is 5. The van der Waals surface area contributed by atoms with Crippen LogP contribution in [0.5, 0.6) is 0 Å². The molecule has 21 heavy (non-hydrogen) atoms. The van der Waals surface area contributed by atoms with E-state index in [1.165, 1.54) is 0 Å². The molecule has 0 aromatic carbocycles. The summed E-state index contributed by atoms with van der Waals surface area (Å²) in [6.45, 7) is 16.0. The van der Waals surface area contributed by atoms with Gasteiger partial charge in [-0.15, -0.1) is 0 Å². The lowest BCUT2D eigenvalue weighted by molar-refractivity contribution is -0.195. The number of rotatable bonds is 3. The van der Waals surface area contributed by atoms with Gasteiger partial charge in [0.1, 0.15) is 17.2 Å². The number of nitrogens with zero attached hydrogens (tertiary/aromatic N) is 1. The molecule has 0 amide bonds. The molecule has 0 N–H and O–H groups in total. The molecule has 1 saturated heterocycles. The molecule has 0 spiro atoms. The highest BCUT2D eigenvalue weighted by Gasteiger charge is 2.52. The molecule has 1 aliphatic rings. The monoisotopic (exact) mass is 299 g/mol. The van der Waals surface area contributed by atoms with Crippen molar-refractivity contribution in [2.24, 2.45) is 5.41 Å². The Morgan fingerprint density at radius 3 is 2.29 bits per heavy atom. The molecule has 1 fully saturated rings. The van der Waals surface area contributed by atoms with E-state index >= 15 is 0 Å². The number of esters is 2. The Hall–Kier alpha value is -1.10. The molecule has 122 valence electrons. The van der Waals surface area contributed by atoms with E-state index in [4.69, 9.17) is 9.47 Å². The van der Waals surface area contributed by atoms with E-state index < -0.39 is 22.7 Å². The lowest BCUT2D eigenvalue weighted by atomic mass is 9.81. The second-order valence-corrected chi connectivity index (χ2v) is 7.87. The maximum atomic E-state index is 12.5. The number of likely N-dealkylation sites (N-methyl/N-ethyl adjacent to an activating group) is 1. The van der Waals surface area contributed by atoms with Crippen LogP contribution in [0.1, 0.15) is 55.4 Å². The van der Waals surface area contributed by atoms with Gasteiger partial charge in [-0.2, -0.15) is 0 Å². The van der Waals surface area contributed by atoms with Crippen LogP contribution in [0, 0.1) is 5.41 Å². The minimum Gasteiger partial charge on any atom is -0.459 e. The van der Waals surface area contributed by atoms with Gasteiger partial charge in [0.05, 0.1) is 5.41 Å². The molecule has 5 nitrogen and oxygen atoms in total. The van der Waals surface area contributed by atoms with Gasteiger partial charge in [0, 0.05) is 6.54 Å². The van der Waals surface area contributed by atoms with Gasteiger partial charge in [-0.05, 0) is 55.0 Å². The van der Waals surface area contributed by atoms with Crippen molar-refractivity contribution < 1.29 is 19.1 Å². The summed E-state index contributed by atoms with van der Waals surface area (Å²) in [4.78, 5) is 26.9. The smallest absolute Gasteiger partial charge is 0.325 e. The first-order valence-corrected chi connectivity index (χ1v) is 7.50. The number of morpholine rings is 1. The highest BCUT2D eigenvalue weighted by Crippen LogP contribution is 2.34. The summed E-state index contributed by atoms with van der Waals surface area (Å²) in [6.07, 6.45) is 0. The van der Waals surface area contributed by atoms with E-state index in [2.05, 4.69) is 0 Å². The van der Waals surface area contributed by atoms with Gasteiger partial charge >= 0.3 is 11.9 Å². The van der Waals surface area contributed by atoms with E-state index in [1.54, 1.807) is 13.8 Å². The summed E-state index contributed by atoms with van der Waals surface area (Å²) in [7, 11) is 0. The Kier molecular flexibility index (Phi) is 4.78. The van der Waals surface area contributed by atoms with Crippen LogP contribution in [0.15, 0.2) is 0 Å². The molecular weight excluding hydrogens is 270 g/mol. The van der Waals surface area contributed by atoms with E-state index in [0.29, 0.717) is 13.1 Å². The Bertz CT molecular complexity index is 420. The first kappa shape index (κ1) is 18.0. The van der Waals surface area contributed by atoms with E-state index in [1.807, 2.05) is 46.4 Å². The topological polar surface area (TPSA) is 55.8 Å². The summed E-state index contributed by atoms with van der Waals surface area (Å²) < 4.78 is 11.0. The molecule has 1 heterocycles. The van der Waals surface area contributed by atoms with E-state index in [0.717, 1.165) is 0 Å². The number of carbonyl (C=O) groups is 2. The average molecular weight is 299 g/mol. The molecule has 0 bridgehead atoms. The number of carbonyl (C=O) groups excluding carboxylic acids is 2. The van der Waals surface area contributed by atoms with Crippen molar-refractivity contribution in [3.63, 3.8) is 0 Å². The molecule has 1 unspecified atom stereocenters. The Labute approximate surface area is 128 Å². The van der Waals surface area contributed by atoms with Crippen molar-refractivity contribution in [1.29, 1.82) is 0 Å². The molecule has 1 rings (SSSR count). The van der Waals surface area contributed by atoms with Gasteiger partial charge in [-0.3, -0.25) is 14.5 Å². The molecule has 0 aromatic rings. The van der Waals surface area contributed by atoms with Crippen LogP contribution in [0.3, 0.4) is 0 Å². The first-order valence-electron chi connectivity index (χ1n) is 7.50. The fourth-order valence-corrected chi connectivity index (χ4v) is 2.66. The minimum absolute atomic E-state index is 0.357. The Balaban J connectivity index is 3.05. The number of cyclic esters (lactones) is 1. The molecule has 0 aliphatic carbocycles. The molecule has 1 aliphatic heterocycles. The van der Waals surface area contributed by atoms with Gasteiger partial charge in [0.15, 0.2) is 0 Å². The highest BCUT2D eigenvalue weighted by atomic mass is 16.6. The molecule has 5 heteroatoms. The number of hydrogen-bond donors (Lipinski definition) is 0. The maximum Gasteiger partial charge on any atom is 0.325 e. The summed E-state index contributed by atoms with van der Waals surface area (Å²) in [5.74, 6) is -0.737. The molecule has 0 radical (unpaired) electrons. The van der Waals surface area contributed by atoms with Crippen molar-refractivity contribution in [3.8, 4) is 0 Å². The van der Waals surface area contributed by atoms with Crippen LogP contribution in [-0.4, -0.2) is 47.2 Å². The van der Waals surface area contributed by atoms with Crippen LogP contribution in [0.2, 0.25) is 0 Å². The Morgan fingerprint density at radius 2 is 1.86 bits per heavy atom. The van der Waals surface area contributed by atoms with Crippen LogP contribution < -0.4 is 0 Å². The second-order valence-electron chi connectivity index (χ2n) is 7.87. The van der Waals surface area contributed by atoms with Crippen molar-refractivity contribution in [2.75, 3.05) is 13.1 Å². The van der Waals surface area contributed by atoms with Gasteiger partial charge in [0.25, 0.3) is 0 Å². The molecule has 0 aromatic heterocycles. The van der Waals surface area contributed by atoms with Crippen molar-refractivity contribution in [3.05, 3.63) is 0 Å². The van der Waals surface area contributed by atoms with E-state index in [-0.39, 0.29) is 11.9 Å². The standard InChI is InChI=1S/C16H29NO4/c1-9-17-10-15(5,6)20-12(18)11(17)16(7,8)13(19)21-14(2,3)4/h11H,9-10H2,1-8H3. The SMILES string of the molecule is CCN1CC(C)(C)OC(=O)C1C(C)(C)C(=O)OC(C)(C)C. The van der Waals surface area contributed by atoms with Crippen LogP contribution in [-0.2, 0) is 19.1 Å². The van der Waals surface area contributed by atoms with Crippen molar-refractivity contribution in [2.45, 2.75) is 72.6 Å². The van der Waals surface area contributed by atoms with Crippen LogP contribution in [0.4, 0.5) is 0 Å². The normalized spacial score (nSPS) is 23.6. The zero-order valence-electron chi connectivity index (χ0n) is 14.6. The molecule has 0 saturated carbocycles. The maximum absolute atomic E-state index is 12.5. The van der Waals surface area contributed by atoms with Crippen LogP contribution >= 0.6 is 0 Å². The lowest BCUT2D eigenvalue weighted by Crippen LogP contribution is -2.63.